The molecule has 0 aliphatic rings. The molecule has 7 heteroatoms. The molecule has 0 saturated carbocycles. The Kier molecular flexibility index (Phi) is 7.66. The van der Waals surface area contributed by atoms with Crippen LogP contribution in [0.3, 0.4) is 0 Å². The average molecular weight is 390 g/mol. The standard InChI is InChI=1S/C21H24F2N2O3/c1-13(2)16-5-3-4-14(6-16)11-24-12-20(26)19(25-21(27)28)9-15-7-17(22)10-18(23)8-15/h3-8,10,19-20,24-26H,1,9,11-12H2,2H3,(H,27,28)/t19-,20+/m0/s1. The normalized spacial score (nSPS) is 13.0. The highest BCUT2D eigenvalue weighted by molar-refractivity contribution is 5.65. The Morgan fingerprint density at radius 3 is 2.43 bits per heavy atom. The molecule has 0 saturated heterocycles. The average Bonchev–Trinajstić information content (AvgIpc) is 2.60. The first-order valence-electron chi connectivity index (χ1n) is 8.82. The number of carboxylic acid groups (broad SMARTS) is 1. The molecule has 0 radical (unpaired) electrons. The van der Waals surface area contributed by atoms with Gasteiger partial charge in [-0.15, -0.1) is 0 Å². The number of rotatable bonds is 9. The van der Waals surface area contributed by atoms with Crippen LogP contribution in [0.2, 0.25) is 0 Å². The van der Waals surface area contributed by atoms with Crippen LogP contribution in [0, 0.1) is 11.6 Å². The van der Waals surface area contributed by atoms with Crippen molar-refractivity contribution in [3.63, 3.8) is 0 Å². The lowest BCUT2D eigenvalue weighted by molar-refractivity contribution is 0.117. The van der Waals surface area contributed by atoms with Crippen LogP contribution in [-0.2, 0) is 13.0 Å². The summed E-state index contributed by atoms with van der Waals surface area (Å²) in [6.45, 7) is 6.37. The van der Waals surface area contributed by atoms with E-state index in [9.17, 15) is 18.7 Å². The van der Waals surface area contributed by atoms with Crippen LogP contribution in [0.1, 0.15) is 23.6 Å². The second-order valence-corrected chi connectivity index (χ2v) is 6.72. The van der Waals surface area contributed by atoms with Crippen LogP contribution in [-0.4, -0.2) is 35.0 Å². The Balaban J connectivity index is 1.98. The fourth-order valence-electron chi connectivity index (χ4n) is 2.88. The van der Waals surface area contributed by atoms with Crippen molar-refractivity contribution in [2.45, 2.75) is 32.0 Å². The molecule has 28 heavy (non-hydrogen) atoms. The highest BCUT2D eigenvalue weighted by Crippen LogP contribution is 2.14. The molecule has 2 rings (SSSR count). The lowest BCUT2D eigenvalue weighted by atomic mass is 10.0. The van der Waals surface area contributed by atoms with Crippen molar-refractivity contribution >= 4 is 11.7 Å². The largest absolute Gasteiger partial charge is 0.465 e. The summed E-state index contributed by atoms with van der Waals surface area (Å²) in [5, 5.41) is 24.7. The zero-order valence-corrected chi connectivity index (χ0v) is 15.6. The van der Waals surface area contributed by atoms with Gasteiger partial charge in [-0.1, -0.05) is 36.4 Å². The molecule has 150 valence electrons. The third-order valence-electron chi connectivity index (χ3n) is 4.25. The van der Waals surface area contributed by atoms with Crippen LogP contribution >= 0.6 is 0 Å². The van der Waals surface area contributed by atoms with E-state index in [2.05, 4.69) is 17.2 Å². The maximum Gasteiger partial charge on any atom is 0.404 e. The lowest BCUT2D eigenvalue weighted by Gasteiger charge is -2.23. The minimum absolute atomic E-state index is 0.0467. The molecule has 2 aromatic carbocycles. The number of amides is 1. The van der Waals surface area contributed by atoms with Crippen molar-refractivity contribution in [1.29, 1.82) is 0 Å². The number of hydrogen-bond donors (Lipinski definition) is 4. The van der Waals surface area contributed by atoms with E-state index in [4.69, 9.17) is 5.11 Å². The Labute approximate surface area is 162 Å². The molecule has 0 aliphatic heterocycles. The first-order valence-corrected chi connectivity index (χ1v) is 8.82. The third-order valence-corrected chi connectivity index (χ3v) is 4.25. The van der Waals surface area contributed by atoms with Gasteiger partial charge in [0, 0.05) is 19.2 Å². The number of carbonyl (C=O) groups is 1. The number of nitrogens with one attached hydrogen (secondary N) is 2. The van der Waals surface area contributed by atoms with Gasteiger partial charge in [0.25, 0.3) is 0 Å². The third kappa shape index (κ3) is 6.75. The molecule has 4 N–H and O–H groups in total. The van der Waals surface area contributed by atoms with Crippen molar-refractivity contribution in [2.24, 2.45) is 0 Å². The summed E-state index contributed by atoms with van der Waals surface area (Å²) in [4.78, 5) is 11.0. The molecule has 1 amide bonds. The molecule has 0 fully saturated rings. The van der Waals surface area contributed by atoms with Crippen LogP contribution < -0.4 is 10.6 Å². The first kappa shape index (κ1) is 21.5. The first-order chi connectivity index (χ1) is 13.2. The van der Waals surface area contributed by atoms with Gasteiger partial charge in [0.15, 0.2) is 0 Å². The highest BCUT2D eigenvalue weighted by Gasteiger charge is 2.22. The van der Waals surface area contributed by atoms with E-state index in [0.717, 1.165) is 34.9 Å². The molecule has 0 aromatic heterocycles. The van der Waals surface area contributed by atoms with E-state index in [1.807, 2.05) is 31.2 Å². The highest BCUT2D eigenvalue weighted by atomic mass is 19.1. The molecular formula is C21H24F2N2O3. The summed E-state index contributed by atoms with van der Waals surface area (Å²) in [5.41, 5.74) is 3.19. The summed E-state index contributed by atoms with van der Waals surface area (Å²) < 4.78 is 26.7. The fourth-order valence-corrected chi connectivity index (χ4v) is 2.88. The zero-order valence-electron chi connectivity index (χ0n) is 15.6. The van der Waals surface area contributed by atoms with Gasteiger partial charge >= 0.3 is 6.09 Å². The predicted octanol–water partition coefficient (Wildman–Crippen LogP) is 3.33. The molecule has 0 spiro atoms. The van der Waals surface area contributed by atoms with E-state index >= 15 is 0 Å². The van der Waals surface area contributed by atoms with Crippen molar-refractivity contribution in [3.05, 3.63) is 77.4 Å². The van der Waals surface area contributed by atoms with Gasteiger partial charge in [0.2, 0.25) is 0 Å². The van der Waals surface area contributed by atoms with Crippen molar-refractivity contribution in [3.8, 4) is 0 Å². The Morgan fingerprint density at radius 2 is 1.82 bits per heavy atom. The number of hydrogen-bond acceptors (Lipinski definition) is 3. The van der Waals surface area contributed by atoms with Gasteiger partial charge in [0.05, 0.1) is 12.1 Å². The second-order valence-electron chi connectivity index (χ2n) is 6.72. The quantitative estimate of drug-likeness (QED) is 0.529. The zero-order chi connectivity index (χ0) is 20.7. The van der Waals surface area contributed by atoms with Gasteiger partial charge in [-0.3, -0.25) is 0 Å². The summed E-state index contributed by atoms with van der Waals surface area (Å²) in [7, 11) is 0. The second kappa shape index (κ2) is 9.96. The maximum atomic E-state index is 13.4. The van der Waals surface area contributed by atoms with Crippen molar-refractivity contribution in [1.82, 2.24) is 10.6 Å². The van der Waals surface area contributed by atoms with E-state index in [1.165, 1.54) is 0 Å². The number of aliphatic hydroxyl groups is 1. The van der Waals surface area contributed by atoms with E-state index in [-0.39, 0.29) is 18.5 Å². The molecule has 0 unspecified atom stereocenters. The van der Waals surface area contributed by atoms with Gasteiger partial charge in [-0.05, 0) is 42.2 Å². The van der Waals surface area contributed by atoms with E-state index in [0.29, 0.717) is 6.54 Å². The van der Waals surface area contributed by atoms with E-state index in [1.54, 1.807) is 0 Å². The molecule has 0 aliphatic carbocycles. The summed E-state index contributed by atoms with van der Waals surface area (Å²) in [6.07, 6.45) is -2.46. The predicted molar refractivity (Wildman–Crippen MR) is 104 cm³/mol. The summed E-state index contributed by atoms with van der Waals surface area (Å²) >= 11 is 0. The van der Waals surface area contributed by atoms with Crippen molar-refractivity contribution < 1.29 is 23.8 Å². The molecule has 2 aromatic rings. The molecule has 5 nitrogen and oxygen atoms in total. The van der Waals surface area contributed by atoms with Crippen LogP contribution in [0.4, 0.5) is 13.6 Å². The minimum Gasteiger partial charge on any atom is -0.465 e. The number of benzene rings is 2. The Bertz CT molecular complexity index is 822. The van der Waals surface area contributed by atoms with Crippen LogP contribution in [0.25, 0.3) is 5.57 Å². The number of aliphatic hydroxyl groups excluding tert-OH is 1. The molecule has 0 heterocycles. The number of halogens is 2. The van der Waals surface area contributed by atoms with Crippen LogP contribution in [0.15, 0.2) is 49.0 Å². The molecule has 2 atom stereocenters. The van der Waals surface area contributed by atoms with E-state index < -0.39 is 29.9 Å². The molecular weight excluding hydrogens is 366 g/mol. The smallest absolute Gasteiger partial charge is 0.404 e. The van der Waals surface area contributed by atoms with Crippen LogP contribution in [0.5, 0.6) is 0 Å². The minimum atomic E-state index is -1.32. The summed E-state index contributed by atoms with van der Waals surface area (Å²) in [5.74, 6) is -1.51. The topological polar surface area (TPSA) is 81.6 Å². The number of allylic oxidation sites excluding steroid dienone is 1. The van der Waals surface area contributed by atoms with Gasteiger partial charge in [0.1, 0.15) is 11.6 Å². The SMILES string of the molecule is C=C(C)c1cccc(CNC[C@@H](O)[C@H](Cc2cc(F)cc(F)c2)NC(=O)O)c1. The van der Waals surface area contributed by atoms with Crippen molar-refractivity contribution in [2.75, 3.05) is 6.54 Å². The summed E-state index contributed by atoms with van der Waals surface area (Å²) in [6, 6.07) is 9.80. The molecule has 0 bridgehead atoms. The van der Waals surface area contributed by atoms with Gasteiger partial charge in [-0.2, -0.15) is 0 Å². The van der Waals surface area contributed by atoms with Gasteiger partial charge in [-0.25, -0.2) is 13.6 Å². The monoisotopic (exact) mass is 390 g/mol. The Morgan fingerprint density at radius 1 is 1.14 bits per heavy atom. The lowest BCUT2D eigenvalue weighted by Crippen LogP contribution is -2.48. The van der Waals surface area contributed by atoms with Gasteiger partial charge < -0.3 is 20.8 Å². The Hall–Kier alpha value is -2.77. The fraction of sp³-hybridized carbons (Fsp3) is 0.286. The maximum absolute atomic E-state index is 13.4.